The fraction of sp³-hybridized carbons (Fsp3) is 0.558. The van der Waals surface area contributed by atoms with Crippen LogP contribution in [0.3, 0.4) is 0 Å². The van der Waals surface area contributed by atoms with Crippen molar-refractivity contribution < 1.29 is 19.4 Å². The Morgan fingerprint density at radius 3 is 2.44 bits per heavy atom. The zero-order valence-electron chi connectivity index (χ0n) is 28.7. The summed E-state index contributed by atoms with van der Waals surface area (Å²) in [6.45, 7) is 3.75. The minimum absolute atomic E-state index is 0.166. The topological polar surface area (TPSA) is 60.8 Å². The lowest BCUT2D eigenvalue weighted by Gasteiger charge is -2.54. The van der Waals surface area contributed by atoms with Crippen LogP contribution in [-0.2, 0) is 17.6 Å². The van der Waals surface area contributed by atoms with Crippen LogP contribution in [0.25, 0.3) is 11.1 Å². The summed E-state index contributed by atoms with van der Waals surface area (Å²) in [7, 11) is 0. The average Bonchev–Trinajstić information content (AvgIpc) is 3.39. The highest BCUT2D eigenvalue weighted by Crippen LogP contribution is 2.63. The number of nitrogens with zero attached hydrogens (tertiary/aromatic N) is 1. The molecule has 0 spiro atoms. The number of phenolic OH excluding ortho intramolecular Hbond substituents is 1. The third kappa shape index (κ3) is 6.82. The molecule has 0 aromatic heterocycles. The van der Waals surface area contributed by atoms with Crippen LogP contribution in [0.2, 0.25) is 0 Å². The van der Waals surface area contributed by atoms with Gasteiger partial charge in [0.15, 0.2) is 0 Å². The van der Waals surface area contributed by atoms with E-state index in [1.807, 2.05) is 18.2 Å². The molecular weight excluding hydrogens is 597 g/mol. The number of alkyl halides is 1. The molecule has 0 radical (unpaired) electrons. The normalized spacial score (nSPS) is 29.9. The number of carbonyl (C=O) groups is 1. The maximum Gasteiger partial charge on any atom is 0.226 e. The van der Waals surface area contributed by atoms with Gasteiger partial charge in [0.1, 0.15) is 11.9 Å². The fourth-order valence-electron chi connectivity index (χ4n) is 10.5. The number of aromatic hydroxyl groups is 1. The first-order valence-electron chi connectivity index (χ1n) is 18.9. The second kappa shape index (κ2) is 14.4. The zero-order valence-corrected chi connectivity index (χ0v) is 28.7. The Morgan fingerprint density at radius 2 is 1.67 bits per heavy atom. The fourth-order valence-corrected chi connectivity index (χ4v) is 10.5. The molecule has 0 heterocycles. The van der Waals surface area contributed by atoms with Gasteiger partial charge in [-0.15, -0.1) is 0 Å². The lowest BCUT2D eigenvalue weighted by atomic mass is 9.51. The first-order chi connectivity index (χ1) is 23.3. The standard InChI is InChI=1S/C43H54FNO3/c1-43-27-38(44)42-36-20-19-35(46)26-34(36)25-33(41(42)37(43)21-22-39(43)47)14-8-9-23-45(28-30-10-4-2-5-11-30)40(48)24-29-15-17-32(18-16-29)31-12-6-3-7-13-31/h3,6-7,12-13,15-20,26,30,33,37-39,41-42,46-47H,2,4-5,8-11,14,21-25,27-28H2,1H3/t33-,37?,38+,39+,41?,42?,43+/m1/s1. The van der Waals surface area contributed by atoms with E-state index >= 15 is 4.39 Å². The van der Waals surface area contributed by atoms with Crippen molar-refractivity contribution >= 4 is 5.91 Å². The molecule has 4 nitrogen and oxygen atoms in total. The number of carbonyl (C=O) groups excluding carboxylic acids is 1. The molecule has 4 aliphatic carbocycles. The van der Waals surface area contributed by atoms with Crippen LogP contribution in [0, 0.1) is 29.1 Å². The van der Waals surface area contributed by atoms with Gasteiger partial charge in [-0.05, 0) is 120 Å². The number of halogens is 1. The molecular formula is C43H54FNO3. The average molecular weight is 652 g/mol. The predicted molar refractivity (Wildman–Crippen MR) is 190 cm³/mol. The summed E-state index contributed by atoms with van der Waals surface area (Å²) in [6.07, 6.45) is 11.2. The molecule has 2 N–H and O–H groups in total. The van der Waals surface area contributed by atoms with Crippen molar-refractivity contribution in [2.75, 3.05) is 13.1 Å². The molecule has 1 amide bonds. The number of aliphatic hydroxyl groups is 1. The Balaban J connectivity index is 1.03. The Morgan fingerprint density at radius 1 is 0.917 bits per heavy atom. The van der Waals surface area contributed by atoms with E-state index in [4.69, 9.17) is 0 Å². The molecule has 3 aromatic rings. The van der Waals surface area contributed by atoms with E-state index in [1.165, 1.54) is 37.7 Å². The van der Waals surface area contributed by atoms with E-state index in [0.717, 1.165) is 73.9 Å². The monoisotopic (exact) mass is 651 g/mol. The molecule has 5 heteroatoms. The van der Waals surface area contributed by atoms with Gasteiger partial charge in [0.05, 0.1) is 12.5 Å². The molecule has 48 heavy (non-hydrogen) atoms. The summed E-state index contributed by atoms with van der Waals surface area (Å²) < 4.78 is 16.2. The van der Waals surface area contributed by atoms with Gasteiger partial charge >= 0.3 is 0 Å². The molecule has 7 atom stereocenters. The number of hydrogen-bond donors (Lipinski definition) is 2. The molecule has 4 aliphatic rings. The van der Waals surface area contributed by atoms with Crippen LogP contribution in [0.1, 0.15) is 100 Å². The van der Waals surface area contributed by atoms with Crippen LogP contribution in [0.5, 0.6) is 5.75 Å². The zero-order chi connectivity index (χ0) is 33.3. The lowest BCUT2D eigenvalue weighted by Crippen LogP contribution is -2.51. The van der Waals surface area contributed by atoms with Crippen LogP contribution < -0.4 is 0 Å². The van der Waals surface area contributed by atoms with E-state index in [9.17, 15) is 15.0 Å². The largest absolute Gasteiger partial charge is 0.508 e. The Kier molecular flexibility index (Phi) is 9.96. The Bertz CT molecular complexity index is 1540. The minimum Gasteiger partial charge on any atom is -0.508 e. The van der Waals surface area contributed by atoms with Gasteiger partial charge in [-0.1, -0.05) is 93.3 Å². The number of amides is 1. The highest BCUT2D eigenvalue weighted by Gasteiger charge is 2.59. The minimum atomic E-state index is -0.986. The van der Waals surface area contributed by atoms with Crippen molar-refractivity contribution in [3.8, 4) is 16.9 Å². The molecule has 0 aliphatic heterocycles. The highest BCUT2D eigenvalue weighted by atomic mass is 19.1. The van der Waals surface area contributed by atoms with Gasteiger partial charge in [0.2, 0.25) is 5.91 Å². The quantitative estimate of drug-likeness (QED) is 0.215. The maximum atomic E-state index is 16.2. The summed E-state index contributed by atoms with van der Waals surface area (Å²) in [6, 6.07) is 24.3. The van der Waals surface area contributed by atoms with Crippen molar-refractivity contribution in [3.05, 3.63) is 89.5 Å². The second-order valence-electron chi connectivity index (χ2n) is 16.0. The predicted octanol–water partition coefficient (Wildman–Crippen LogP) is 9.27. The van der Waals surface area contributed by atoms with Gasteiger partial charge in [-0.2, -0.15) is 0 Å². The summed E-state index contributed by atoms with van der Waals surface area (Å²) >= 11 is 0. The first-order valence-corrected chi connectivity index (χ1v) is 18.9. The Labute approximate surface area is 286 Å². The molecule has 256 valence electrons. The van der Waals surface area contributed by atoms with Crippen LogP contribution in [0.15, 0.2) is 72.8 Å². The molecule has 3 aromatic carbocycles. The number of fused-ring (bicyclic) bond motifs is 5. The molecule has 3 saturated carbocycles. The second-order valence-corrected chi connectivity index (χ2v) is 16.0. The van der Waals surface area contributed by atoms with E-state index in [0.29, 0.717) is 30.6 Å². The molecule has 3 unspecified atom stereocenters. The summed E-state index contributed by atoms with van der Waals surface area (Å²) in [5, 5.41) is 21.3. The number of rotatable bonds is 10. The molecule has 7 rings (SSSR count). The number of benzene rings is 3. The summed E-state index contributed by atoms with van der Waals surface area (Å²) in [5.41, 5.74) is 5.21. The van der Waals surface area contributed by atoms with Gasteiger partial charge in [0.25, 0.3) is 0 Å². The number of phenols is 1. The highest BCUT2D eigenvalue weighted by molar-refractivity contribution is 5.79. The molecule has 0 bridgehead atoms. The van der Waals surface area contributed by atoms with Crippen molar-refractivity contribution in [3.63, 3.8) is 0 Å². The van der Waals surface area contributed by atoms with Crippen molar-refractivity contribution in [1.29, 1.82) is 0 Å². The van der Waals surface area contributed by atoms with Gasteiger partial charge in [-0.25, -0.2) is 4.39 Å². The third-order valence-electron chi connectivity index (χ3n) is 13.0. The van der Waals surface area contributed by atoms with E-state index in [2.05, 4.69) is 60.4 Å². The van der Waals surface area contributed by atoms with E-state index < -0.39 is 12.3 Å². The van der Waals surface area contributed by atoms with Crippen molar-refractivity contribution in [2.45, 2.75) is 109 Å². The third-order valence-corrected chi connectivity index (χ3v) is 13.0. The van der Waals surface area contributed by atoms with E-state index in [-0.39, 0.29) is 28.9 Å². The summed E-state index contributed by atoms with van der Waals surface area (Å²) in [4.78, 5) is 16.0. The molecule has 3 fully saturated rings. The van der Waals surface area contributed by atoms with Gasteiger partial charge in [-0.3, -0.25) is 4.79 Å². The lowest BCUT2D eigenvalue weighted by molar-refractivity contribution is -0.131. The van der Waals surface area contributed by atoms with E-state index in [1.54, 1.807) is 6.07 Å². The first kappa shape index (κ1) is 33.3. The smallest absolute Gasteiger partial charge is 0.226 e. The van der Waals surface area contributed by atoms with Gasteiger partial charge in [0, 0.05) is 19.0 Å². The van der Waals surface area contributed by atoms with Crippen LogP contribution >= 0.6 is 0 Å². The van der Waals surface area contributed by atoms with Crippen molar-refractivity contribution in [2.24, 2.45) is 29.1 Å². The maximum absolute atomic E-state index is 16.2. The Hall–Kier alpha value is -3.18. The number of hydrogen-bond acceptors (Lipinski definition) is 3. The van der Waals surface area contributed by atoms with Crippen LogP contribution in [-0.4, -0.2) is 46.4 Å². The molecule has 0 saturated heterocycles. The SMILES string of the molecule is C[C@]12C[C@H](F)C3c4ccc(O)cc4C[C@@H](CCCCN(CC4CCCCC4)C(=O)Cc4ccc(-c5ccccc5)cc4)C3C1CC[C@@H]2O. The van der Waals surface area contributed by atoms with Crippen LogP contribution in [0.4, 0.5) is 4.39 Å². The van der Waals surface area contributed by atoms with Gasteiger partial charge < -0.3 is 15.1 Å². The summed E-state index contributed by atoms with van der Waals surface area (Å²) in [5.74, 6) is 1.72. The number of unbranched alkanes of at least 4 members (excludes halogenated alkanes) is 1. The van der Waals surface area contributed by atoms with Crippen molar-refractivity contribution in [1.82, 2.24) is 4.90 Å². The number of aliphatic hydroxyl groups excluding tert-OH is 1.